The monoisotopic (exact) mass is 905 g/mol. The standard InChI is InChI=1S/C67H48BN3/c1-47-21-17-18-36-60(47)54-43-62-61-39-38-58(69(55-30-13-5-14-31-55)56-32-15-6-16-33-56)46-64(61)71(59-35-20-29-52(42-59)49-24-9-3-10-25-49)68-63-40-37-53(50-26-11-4-12-27-50)44-65(63)70(66(45-54)67(62)68)57-34-19-28-51(41-57)48-22-7-2-8-23-48/h2-46H,1H3. The van der Waals surface area contributed by atoms with Gasteiger partial charge in [0.2, 0.25) is 0 Å². The van der Waals surface area contributed by atoms with E-state index in [1.54, 1.807) is 0 Å². The molecule has 2 heterocycles. The van der Waals surface area contributed by atoms with Gasteiger partial charge < -0.3 is 14.6 Å². The van der Waals surface area contributed by atoms with Crippen LogP contribution in [0.3, 0.4) is 0 Å². The van der Waals surface area contributed by atoms with Crippen molar-refractivity contribution in [2.24, 2.45) is 0 Å². The third-order valence-electron chi connectivity index (χ3n) is 14.3. The van der Waals surface area contributed by atoms with Crippen LogP contribution in [0.25, 0.3) is 55.6 Å². The summed E-state index contributed by atoms with van der Waals surface area (Å²) < 4.78 is 0. The zero-order chi connectivity index (χ0) is 47.3. The van der Waals surface area contributed by atoms with Gasteiger partial charge in [-0.25, -0.2) is 0 Å². The van der Waals surface area contributed by atoms with E-state index in [0.29, 0.717) is 0 Å². The van der Waals surface area contributed by atoms with Crippen molar-refractivity contribution in [1.29, 1.82) is 0 Å². The van der Waals surface area contributed by atoms with Gasteiger partial charge >= 0.3 is 6.85 Å². The van der Waals surface area contributed by atoms with Crippen LogP contribution in [0.5, 0.6) is 0 Å². The summed E-state index contributed by atoms with van der Waals surface area (Å²) in [7, 11) is 0. The van der Waals surface area contributed by atoms with E-state index in [2.05, 4.69) is 295 Å². The molecule has 0 saturated carbocycles. The Labute approximate surface area is 416 Å². The molecule has 0 N–H and O–H groups in total. The van der Waals surface area contributed by atoms with Crippen molar-refractivity contribution >= 4 is 63.3 Å². The first kappa shape index (κ1) is 42.0. The zero-order valence-corrected chi connectivity index (χ0v) is 39.4. The Morgan fingerprint density at radius 3 is 1.42 bits per heavy atom. The predicted octanol–water partition coefficient (Wildman–Crippen LogP) is 16.8. The van der Waals surface area contributed by atoms with E-state index in [0.717, 1.165) is 39.8 Å². The molecule has 0 fully saturated rings. The first-order valence-electron chi connectivity index (χ1n) is 24.5. The predicted molar refractivity (Wildman–Crippen MR) is 301 cm³/mol. The summed E-state index contributed by atoms with van der Waals surface area (Å²) in [5, 5.41) is 0. The third kappa shape index (κ3) is 7.49. The molecule has 3 nitrogen and oxygen atoms in total. The summed E-state index contributed by atoms with van der Waals surface area (Å²) in [6.45, 7) is 2.03. The Bertz CT molecular complexity index is 3690. The van der Waals surface area contributed by atoms with Gasteiger partial charge in [0, 0.05) is 51.1 Å². The van der Waals surface area contributed by atoms with Crippen LogP contribution in [-0.4, -0.2) is 6.85 Å². The molecule has 13 rings (SSSR count). The highest BCUT2D eigenvalue weighted by molar-refractivity contribution is 6.93. The number of para-hydroxylation sites is 2. The van der Waals surface area contributed by atoms with Crippen LogP contribution in [0.1, 0.15) is 5.56 Å². The van der Waals surface area contributed by atoms with Crippen molar-refractivity contribution in [2.45, 2.75) is 6.92 Å². The second-order valence-electron chi connectivity index (χ2n) is 18.6. The van der Waals surface area contributed by atoms with Crippen molar-refractivity contribution < 1.29 is 0 Å². The number of nitrogens with zero attached hydrogens (tertiary/aromatic N) is 3. The van der Waals surface area contributed by atoms with Gasteiger partial charge in [0.1, 0.15) is 0 Å². The van der Waals surface area contributed by atoms with Crippen LogP contribution >= 0.6 is 0 Å². The molecule has 71 heavy (non-hydrogen) atoms. The minimum absolute atomic E-state index is 0.199. The average molecular weight is 906 g/mol. The summed E-state index contributed by atoms with van der Waals surface area (Å²) in [6.07, 6.45) is 0. The summed E-state index contributed by atoms with van der Waals surface area (Å²) in [4.78, 5) is 7.57. The summed E-state index contributed by atoms with van der Waals surface area (Å²) >= 11 is 0. The van der Waals surface area contributed by atoms with Crippen LogP contribution in [0.4, 0.5) is 45.5 Å². The van der Waals surface area contributed by atoms with Gasteiger partial charge in [-0.3, -0.25) is 0 Å². The molecule has 2 aliphatic rings. The van der Waals surface area contributed by atoms with Gasteiger partial charge in [0.15, 0.2) is 0 Å². The minimum atomic E-state index is -0.199. The number of hydrogen-bond acceptors (Lipinski definition) is 3. The Kier molecular flexibility index (Phi) is 10.5. The molecule has 11 aromatic carbocycles. The van der Waals surface area contributed by atoms with Gasteiger partial charge in [-0.05, 0) is 152 Å². The number of rotatable bonds is 9. The molecule has 0 amide bonds. The average Bonchev–Trinajstić information content (AvgIpc) is 3.44. The van der Waals surface area contributed by atoms with E-state index in [4.69, 9.17) is 0 Å². The maximum atomic E-state index is 2.64. The molecule has 11 aromatic rings. The molecule has 0 bridgehead atoms. The van der Waals surface area contributed by atoms with Gasteiger partial charge in [-0.2, -0.15) is 0 Å². The molecule has 4 heteroatoms. The smallest absolute Gasteiger partial charge is 0.333 e. The Morgan fingerprint density at radius 2 is 0.817 bits per heavy atom. The van der Waals surface area contributed by atoms with Crippen molar-refractivity contribution in [1.82, 2.24) is 0 Å². The lowest BCUT2D eigenvalue weighted by molar-refractivity contribution is 1.25. The van der Waals surface area contributed by atoms with E-state index in [9.17, 15) is 0 Å². The molecule has 0 aliphatic carbocycles. The van der Waals surface area contributed by atoms with Crippen LogP contribution in [-0.2, 0) is 0 Å². The van der Waals surface area contributed by atoms with Gasteiger partial charge in [0.25, 0.3) is 0 Å². The van der Waals surface area contributed by atoms with Crippen LogP contribution in [0.2, 0.25) is 0 Å². The van der Waals surface area contributed by atoms with E-state index in [1.165, 1.54) is 77.8 Å². The molecule has 0 radical (unpaired) electrons. The van der Waals surface area contributed by atoms with Crippen LogP contribution < -0.4 is 25.5 Å². The highest BCUT2D eigenvalue weighted by Gasteiger charge is 2.46. The van der Waals surface area contributed by atoms with Gasteiger partial charge in [-0.15, -0.1) is 0 Å². The number of fused-ring (bicyclic) bond motifs is 4. The lowest BCUT2D eigenvalue weighted by atomic mass is 9.43. The molecule has 0 aromatic heterocycles. The first-order chi connectivity index (χ1) is 35.1. The zero-order valence-electron chi connectivity index (χ0n) is 39.4. The highest BCUT2D eigenvalue weighted by Crippen LogP contribution is 2.51. The molecule has 0 saturated heterocycles. The normalized spacial score (nSPS) is 12.2. The van der Waals surface area contributed by atoms with Gasteiger partial charge in [0.05, 0.1) is 0 Å². The largest absolute Gasteiger partial charge is 0.376 e. The quantitative estimate of drug-likeness (QED) is 0.134. The third-order valence-corrected chi connectivity index (χ3v) is 14.3. The van der Waals surface area contributed by atoms with Gasteiger partial charge in [-0.1, -0.05) is 194 Å². The minimum Gasteiger partial charge on any atom is -0.376 e. The summed E-state index contributed by atoms with van der Waals surface area (Å²) in [6, 6.07) is 100. The molecule has 334 valence electrons. The van der Waals surface area contributed by atoms with E-state index < -0.39 is 0 Å². The Balaban J connectivity index is 1.14. The van der Waals surface area contributed by atoms with Crippen molar-refractivity contribution in [3.63, 3.8) is 0 Å². The fraction of sp³-hybridized carbons (Fsp3) is 0.0149. The van der Waals surface area contributed by atoms with Crippen LogP contribution in [0.15, 0.2) is 273 Å². The van der Waals surface area contributed by atoms with E-state index in [-0.39, 0.29) is 6.85 Å². The van der Waals surface area contributed by atoms with Crippen molar-refractivity contribution in [2.75, 3.05) is 14.6 Å². The number of aryl methyl sites for hydroxylation is 1. The molecular formula is C67H48BN3. The fourth-order valence-corrected chi connectivity index (χ4v) is 11.0. The molecular weight excluding hydrogens is 858 g/mol. The fourth-order valence-electron chi connectivity index (χ4n) is 11.0. The second kappa shape index (κ2) is 17.8. The lowest BCUT2D eigenvalue weighted by Gasteiger charge is -2.46. The van der Waals surface area contributed by atoms with E-state index >= 15 is 0 Å². The Morgan fingerprint density at radius 1 is 0.310 bits per heavy atom. The number of benzene rings is 11. The molecule has 0 spiro atoms. The molecule has 0 unspecified atom stereocenters. The maximum absolute atomic E-state index is 2.64. The number of anilines is 8. The van der Waals surface area contributed by atoms with Crippen molar-refractivity contribution in [3.05, 3.63) is 279 Å². The second-order valence-corrected chi connectivity index (χ2v) is 18.6. The highest BCUT2D eigenvalue weighted by atomic mass is 15.2. The van der Waals surface area contributed by atoms with Crippen molar-refractivity contribution in [3.8, 4) is 55.6 Å². The topological polar surface area (TPSA) is 9.72 Å². The first-order valence-corrected chi connectivity index (χ1v) is 24.5. The lowest BCUT2D eigenvalue weighted by Crippen LogP contribution is -2.61. The summed E-state index contributed by atoms with van der Waals surface area (Å²) in [5.74, 6) is 0. The van der Waals surface area contributed by atoms with E-state index in [1.807, 2.05) is 0 Å². The molecule has 2 aliphatic heterocycles. The van der Waals surface area contributed by atoms with Crippen LogP contribution in [0, 0.1) is 6.92 Å². The SMILES string of the molecule is Cc1ccccc1-c1cc2c3c(c1)N(c1cccc(-c4ccccc4)c1)c1cc(-c4ccccc4)ccc1B3N(c1cccc(-c3ccccc3)c1)c1cc(N(c3ccccc3)c3ccccc3)ccc1-2. The summed E-state index contributed by atoms with van der Waals surface area (Å²) in [5.41, 5.74) is 24.6. The number of hydrogen-bond donors (Lipinski definition) is 0. The maximum Gasteiger partial charge on any atom is 0.333 e. The Hall–Kier alpha value is -9.12. The molecule has 0 atom stereocenters.